The number of carbonyl (C=O) groups excluding carboxylic acids is 2. The van der Waals surface area contributed by atoms with Gasteiger partial charge >= 0.3 is 5.97 Å². The van der Waals surface area contributed by atoms with Crippen LogP contribution in [0.1, 0.15) is 12.6 Å². The van der Waals surface area contributed by atoms with E-state index >= 15 is 0 Å². The number of amides is 2. The predicted octanol–water partition coefficient (Wildman–Crippen LogP) is 1.06. The number of nitrogens with two attached hydrogens (primary N) is 2. The average molecular weight is 533 g/mol. The van der Waals surface area contributed by atoms with E-state index in [1.165, 1.54) is 28.4 Å². The number of nitrogens with zero attached hydrogens (tertiary/aromatic N) is 3. The van der Waals surface area contributed by atoms with Gasteiger partial charge in [0.1, 0.15) is 33.7 Å². The number of aromatic nitrogens is 1. The van der Waals surface area contributed by atoms with Crippen molar-refractivity contribution in [2.75, 3.05) is 30.4 Å². The number of allylic oxidation sites excluding steroid dienone is 1. The van der Waals surface area contributed by atoms with Crippen LogP contribution < -0.4 is 16.8 Å². The van der Waals surface area contributed by atoms with Crippen LogP contribution in [0.2, 0.25) is 4.34 Å². The number of β-lactam (4-membered cyclic amide) rings is 1. The maximum absolute atomic E-state index is 12.9. The van der Waals surface area contributed by atoms with Crippen LogP contribution >= 0.6 is 46.5 Å². The van der Waals surface area contributed by atoms with Crippen LogP contribution in [0.25, 0.3) is 0 Å². The van der Waals surface area contributed by atoms with Crippen molar-refractivity contribution in [3.05, 3.63) is 32.8 Å². The van der Waals surface area contributed by atoms with Gasteiger partial charge in [-0.25, -0.2) is 9.78 Å². The van der Waals surface area contributed by atoms with Crippen molar-refractivity contribution in [2.45, 2.75) is 18.3 Å². The Balaban J connectivity index is 1.79. The minimum absolute atomic E-state index is 0.0403. The highest BCUT2D eigenvalue weighted by Crippen LogP contribution is 2.41. The van der Waals surface area contributed by atoms with Gasteiger partial charge in [-0.1, -0.05) is 28.1 Å². The van der Waals surface area contributed by atoms with Gasteiger partial charge in [-0.15, -0.1) is 23.5 Å². The fourth-order valence-electron chi connectivity index (χ4n) is 3.03. The quantitative estimate of drug-likeness (QED) is 0.148. The molecule has 178 valence electrons. The molecular weight excluding hydrogens is 512 g/mol. The molecule has 2 amide bonds. The summed E-state index contributed by atoms with van der Waals surface area (Å²) in [5.41, 5.74) is 11.3. The maximum Gasteiger partial charge on any atom is 0.352 e. The van der Waals surface area contributed by atoms with Gasteiger partial charge in [0.2, 0.25) is 0 Å². The third-order valence-corrected chi connectivity index (χ3v) is 7.60. The molecule has 0 radical (unpaired) electrons. The Labute approximate surface area is 206 Å². The first-order chi connectivity index (χ1) is 15.8. The standard InChI is InChI=1S/C18H21ClN6O5S3/c1-2-30-24-10(9-13(19)33-18(21)23-9)14(26)22-11-15(27)25-12(17(28)29)8(7-32-16(11)25)3-5-31-6-4-20/h3,5,11,16H,2,4,6-7,20H2,1H3,(H2,21,23)(H,22,26)(H,28,29)/b5-3?,24-10-/t11-,16-/m1/s1. The van der Waals surface area contributed by atoms with Gasteiger partial charge in [0.15, 0.2) is 10.8 Å². The second-order valence-electron chi connectivity index (χ2n) is 6.53. The monoisotopic (exact) mass is 532 g/mol. The van der Waals surface area contributed by atoms with Crippen LogP contribution in [0.4, 0.5) is 5.13 Å². The summed E-state index contributed by atoms with van der Waals surface area (Å²) in [6, 6.07) is -0.949. The molecule has 0 unspecified atom stereocenters. The molecule has 1 fully saturated rings. The number of nitrogens with one attached hydrogen (secondary N) is 1. The minimum Gasteiger partial charge on any atom is -0.477 e. The molecule has 11 nitrogen and oxygen atoms in total. The second-order valence-corrected chi connectivity index (χ2v) is 10.3. The normalized spacial score (nSPS) is 20.6. The molecule has 2 atom stereocenters. The summed E-state index contributed by atoms with van der Waals surface area (Å²) in [7, 11) is 0. The highest BCUT2D eigenvalue weighted by Gasteiger charge is 2.54. The predicted molar refractivity (Wildman–Crippen MR) is 130 cm³/mol. The number of halogens is 1. The summed E-state index contributed by atoms with van der Waals surface area (Å²) in [6.45, 7) is 2.37. The van der Waals surface area contributed by atoms with Crippen molar-refractivity contribution >= 4 is 75.1 Å². The van der Waals surface area contributed by atoms with E-state index in [1.807, 2.05) is 0 Å². The Morgan fingerprint density at radius 2 is 2.27 bits per heavy atom. The topological polar surface area (TPSA) is 173 Å². The number of oxime groups is 1. The van der Waals surface area contributed by atoms with Crippen LogP contribution in [0, 0.1) is 0 Å². The van der Waals surface area contributed by atoms with Crippen LogP contribution in [-0.2, 0) is 19.2 Å². The van der Waals surface area contributed by atoms with E-state index in [0.717, 1.165) is 11.3 Å². The van der Waals surface area contributed by atoms with Crippen molar-refractivity contribution in [1.29, 1.82) is 0 Å². The summed E-state index contributed by atoms with van der Waals surface area (Å²) in [5.74, 6) is -1.45. The Morgan fingerprint density at radius 3 is 2.88 bits per heavy atom. The summed E-state index contributed by atoms with van der Waals surface area (Å²) in [4.78, 5) is 47.9. The van der Waals surface area contributed by atoms with Crippen LogP contribution in [0.3, 0.4) is 0 Å². The molecule has 1 aromatic rings. The first-order valence-electron chi connectivity index (χ1n) is 9.62. The number of hydrogen-bond acceptors (Lipinski definition) is 11. The number of fused-ring (bicyclic) bond motifs is 1. The smallest absolute Gasteiger partial charge is 0.352 e. The molecule has 0 saturated carbocycles. The lowest BCUT2D eigenvalue weighted by atomic mass is 10.0. The van der Waals surface area contributed by atoms with Crippen molar-refractivity contribution in [1.82, 2.24) is 15.2 Å². The molecule has 2 aliphatic rings. The van der Waals surface area contributed by atoms with E-state index in [-0.39, 0.29) is 33.2 Å². The van der Waals surface area contributed by atoms with Crippen LogP contribution in [0.15, 0.2) is 27.9 Å². The van der Waals surface area contributed by atoms with E-state index in [4.69, 9.17) is 27.9 Å². The van der Waals surface area contributed by atoms with Gasteiger partial charge in [0.05, 0.1) is 0 Å². The van der Waals surface area contributed by atoms with E-state index in [9.17, 15) is 19.5 Å². The van der Waals surface area contributed by atoms with Crippen molar-refractivity contribution < 1.29 is 24.3 Å². The fourth-order valence-corrected chi connectivity index (χ4v) is 5.81. The molecule has 6 N–H and O–H groups in total. The van der Waals surface area contributed by atoms with Crippen molar-refractivity contribution in [2.24, 2.45) is 10.9 Å². The number of carbonyl (C=O) groups is 3. The number of anilines is 1. The van der Waals surface area contributed by atoms with Gasteiger partial charge < -0.3 is 26.7 Å². The average Bonchev–Trinajstić information content (AvgIpc) is 3.12. The number of thiazole rings is 1. The molecule has 3 rings (SSSR count). The Kier molecular flexibility index (Phi) is 8.64. The molecule has 0 aromatic carbocycles. The molecule has 0 bridgehead atoms. The van der Waals surface area contributed by atoms with Gasteiger partial charge in [-0.05, 0) is 24.0 Å². The molecule has 1 saturated heterocycles. The molecule has 1 aromatic heterocycles. The maximum atomic E-state index is 12.9. The third-order valence-electron chi connectivity index (χ3n) is 4.41. The highest BCUT2D eigenvalue weighted by atomic mass is 35.5. The van der Waals surface area contributed by atoms with Crippen molar-refractivity contribution in [3.8, 4) is 0 Å². The first-order valence-corrected chi connectivity index (χ1v) is 12.9. The zero-order chi connectivity index (χ0) is 24.1. The molecular formula is C18H21ClN6O5S3. The first kappa shape index (κ1) is 25.4. The minimum atomic E-state index is -1.22. The van der Waals surface area contributed by atoms with Gasteiger partial charge in [0, 0.05) is 18.1 Å². The van der Waals surface area contributed by atoms with Gasteiger partial charge in [-0.2, -0.15) is 0 Å². The Hall–Kier alpha value is -2.26. The molecule has 0 aliphatic carbocycles. The van der Waals surface area contributed by atoms with E-state index in [0.29, 0.717) is 23.6 Å². The van der Waals surface area contributed by atoms with E-state index in [1.54, 1.807) is 18.4 Å². The molecule has 2 aliphatic heterocycles. The van der Waals surface area contributed by atoms with Gasteiger partial charge in [-0.3, -0.25) is 14.5 Å². The van der Waals surface area contributed by atoms with Crippen LogP contribution in [-0.4, -0.2) is 74.6 Å². The Morgan fingerprint density at radius 1 is 1.52 bits per heavy atom. The lowest BCUT2D eigenvalue weighted by Gasteiger charge is -2.49. The summed E-state index contributed by atoms with van der Waals surface area (Å²) >= 11 is 9.88. The number of thioether (sulfide) groups is 2. The zero-order valence-corrected chi connectivity index (χ0v) is 20.5. The fraction of sp³-hybridized carbons (Fsp3) is 0.389. The van der Waals surface area contributed by atoms with E-state index in [2.05, 4.69) is 15.5 Å². The highest BCUT2D eigenvalue weighted by molar-refractivity contribution is 8.02. The molecule has 0 spiro atoms. The number of aliphatic carboxylic acids is 1. The van der Waals surface area contributed by atoms with Gasteiger partial charge in [0.25, 0.3) is 11.8 Å². The lowest BCUT2D eigenvalue weighted by molar-refractivity contribution is -0.150. The largest absolute Gasteiger partial charge is 0.477 e. The summed E-state index contributed by atoms with van der Waals surface area (Å²) in [6.07, 6.45) is 1.67. The zero-order valence-electron chi connectivity index (χ0n) is 17.3. The van der Waals surface area contributed by atoms with E-state index < -0.39 is 29.2 Å². The number of rotatable bonds is 10. The summed E-state index contributed by atoms with van der Waals surface area (Å²) in [5, 5.41) is 17.4. The molecule has 3 heterocycles. The molecule has 33 heavy (non-hydrogen) atoms. The summed E-state index contributed by atoms with van der Waals surface area (Å²) < 4.78 is 0.148. The lowest BCUT2D eigenvalue weighted by Crippen LogP contribution is -2.71. The number of carboxylic acid groups (broad SMARTS) is 1. The number of carboxylic acids is 1. The van der Waals surface area contributed by atoms with Crippen LogP contribution in [0.5, 0.6) is 0 Å². The Bertz CT molecular complexity index is 1040. The third kappa shape index (κ3) is 5.46. The SMILES string of the molecule is CCO/N=C(\C(=O)N[C@@H]1C(=O)N2C(C(=O)O)=C(C=CSCCN)CS[C@H]12)c1nc(N)sc1Cl. The number of nitrogen functional groups attached to an aromatic ring is 1. The number of hydrogen-bond donors (Lipinski definition) is 4. The molecule has 15 heteroatoms. The second kappa shape index (κ2) is 11.2. The van der Waals surface area contributed by atoms with Crippen molar-refractivity contribution in [3.63, 3.8) is 0 Å².